The second-order valence-electron chi connectivity index (χ2n) is 10.7. The van der Waals surface area contributed by atoms with Gasteiger partial charge in [-0.2, -0.15) is 0 Å². The standard InChI is InChI=1S/C22H37NO2/c1-20-10-11-22(23(3)12-13-25-22)14-15(20)4-5-16-17-6-7-19(24)21(17,2)9-8-18(16)20/h15-19,24H,4-14H2,1-3H3/t15-,16+,17+,18+,19+,20+,21+,22-/m1/s1. The van der Waals surface area contributed by atoms with Crippen LogP contribution in [0.5, 0.6) is 0 Å². The average molecular weight is 348 g/mol. The number of ether oxygens (including phenoxy) is 1. The van der Waals surface area contributed by atoms with Gasteiger partial charge < -0.3 is 9.84 Å². The van der Waals surface area contributed by atoms with Gasteiger partial charge in [0.1, 0.15) is 5.72 Å². The lowest BCUT2D eigenvalue weighted by molar-refractivity contribution is -0.185. The van der Waals surface area contributed by atoms with Gasteiger partial charge in [0.25, 0.3) is 0 Å². The predicted octanol–water partition coefficient (Wildman–Crippen LogP) is 4.05. The molecule has 0 amide bonds. The lowest BCUT2D eigenvalue weighted by Gasteiger charge is -2.62. The van der Waals surface area contributed by atoms with Crippen molar-refractivity contribution in [3.63, 3.8) is 0 Å². The van der Waals surface area contributed by atoms with Crippen molar-refractivity contribution in [1.82, 2.24) is 4.90 Å². The molecule has 0 aromatic rings. The van der Waals surface area contributed by atoms with Crippen LogP contribution in [0.2, 0.25) is 0 Å². The molecule has 0 aromatic heterocycles. The molecular formula is C22H37NO2. The summed E-state index contributed by atoms with van der Waals surface area (Å²) in [6.07, 6.45) is 11.5. The molecule has 1 saturated heterocycles. The second-order valence-corrected chi connectivity index (χ2v) is 10.7. The van der Waals surface area contributed by atoms with Gasteiger partial charge >= 0.3 is 0 Å². The van der Waals surface area contributed by atoms with E-state index in [2.05, 4.69) is 25.8 Å². The van der Waals surface area contributed by atoms with Gasteiger partial charge in [0.05, 0.1) is 12.7 Å². The van der Waals surface area contributed by atoms with E-state index in [1.54, 1.807) is 0 Å². The lowest BCUT2D eigenvalue weighted by atomic mass is 9.44. The fourth-order valence-corrected chi connectivity index (χ4v) is 8.35. The van der Waals surface area contributed by atoms with Crippen LogP contribution in [-0.2, 0) is 4.74 Å². The second kappa shape index (κ2) is 5.45. The molecule has 8 atom stereocenters. The molecule has 1 spiro atoms. The summed E-state index contributed by atoms with van der Waals surface area (Å²) in [4.78, 5) is 2.50. The van der Waals surface area contributed by atoms with Crippen LogP contribution >= 0.6 is 0 Å². The Balaban J connectivity index is 1.41. The Morgan fingerprint density at radius 2 is 1.72 bits per heavy atom. The van der Waals surface area contributed by atoms with Crippen molar-refractivity contribution in [3.8, 4) is 0 Å². The number of fused-ring (bicyclic) bond motifs is 5. The Kier molecular flexibility index (Phi) is 3.71. The summed E-state index contributed by atoms with van der Waals surface area (Å²) in [5.41, 5.74) is 0.786. The summed E-state index contributed by atoms with van der Waals surface area (Å²) in [5, 5.41) is 10.6. The van der Waals surface area contributed by atoms with Crippen molar-refractivity contribution in [2.75, 3.05) is 20.2 Å². The Morgan fingerprint density at radius 1 is 0.920 bits per heavy atom. The zero-order valence-corrected chi connectivity index (χ0v) is 16.5. The molecule has 5 rings (SSSR count). The molecule has 25 heavy (non-hydrogen) atoms. The summed E-state index contributed by atoms with van der Waals surface area (Å²) in [7, 11) is 2.27. The number of hydrogen-bond acceptors (Lipinski definition) is 3. The highest BCUT2D eigenvalue weighted by atomic mass is 16.5. The predicted molar refractivity (Wildman–Crippen MR) is 99.0 cm³/mol. The van der Waals surface area contributed by atoms with E-state index in [0.717, 1.165) is 43.2 Å². The third-order valence-electron chi connectivity index (χ3n) is 10.1. The topological polar surface area (TPSA) is 32.7 Å². The Bertz CT molecular complexity index is 552. The molecule has 3 nitrogen and oxygen atoms in total. The Labute approximate surface area is 153 Å². The molecule has 1 N–H and O–H groups in total. The molecule has 142 valence electrons. The summed E-state index contributed by atoms with van der Waals surface area (Å²) >= 11 is 0. The first-order valence-corrected chi connectivity index (χ1v) is 10.9. The minimum atomic E-state index is -0.0425. The number of aliphatic hydroxyl groups is 1. The molecule has 5 aliphatic rings. The van der Waals surface area contributed by atoms with Crippen LogP contribution in [0.25, 0.3) is 0 Å². The highest BCUT2D eigenvalue weighted by molar-refractivity contribution is 5.11. The third kappa shape index (κ3) is 2.15. The maximum Gasteiger partial charge on any atom is 0.121 e. The molecule has 1 aliphatic heterocycles. The van der Waals surface area contributed by atoms with Crippen molar-refractivity contribution in [3.05, 3.63) is 0 Å². The highest BCUT2D eigenvalue weighted by Crippen LogP contribution is 2.67. The molecule has 0 aromatic carbocycles. The van der Waals surface area contributed by atoms with Crippen molar-refractivity contribution in [1.29, 1.82) is 0 Å². The van der Waals surface area contributed by atoms with Crippen molar-refractivity contribution >= 4 is 0 Å². The molecular weight excluding hydrogens is 310 g/mol. The quantitative estimate of drug-likeness (QED) is 0.717. The van der Waals surface area contributed by atoms with E-state index in [1.165, 1.54) is 51.4 Å². The van der Waals surface area contributed by atoms with Crippen molar-refractivity contribution < 1.29 is 9.84 Å². The molecule has 5 fully saturated rings. The van der Waals surface area contributed by atoms with Crippen LogP contribution in [0.4, 0.5) is 0 Å². The SMILES string of the molecule is CN1CCO[C@@]12CC[C@@]1(C)[C@H](CC[C@@H]3[C@@H]1CC[C@]1(C)[C@@H](O)CC[C@@H]31)C2. The first-order valence-electron chi connectivity index (χ1n) is 10.9. The molecule has 4 saturated carbocycles. The van der Waals surface area contributed by atoms with Crippen molar-refractivity contribution in [2.24, 2.45) is 34.5 Å². The van der Waals surface area contributed by atoms with Crippen LogP contribution in [0, 0.1) is 34.5 Å². The fourth-order valence-electron chi connectivity index (χ4n) is 8.35. The molecule has 0 radical (unpaired) electrons. The molecule has 1 heterocycles. The van der Waals surface area contributed by atoms with Gasteiger partial charge in [0.2, 0.25) is 0 Å². The summed E-state index contributed by atoms with van der Waals surface area (Å²) in [6, 6.07) is 0. The van der Waals surface area contributed by atoms with Gasteiger partial charge in [-0.05, 0) is 99.3 Å². The van der Waals surface area contributed by atoms with Crippen LogP contribution in [0.15, 0.2) is 0 Å². The van der Waals surface area contributed by atoms with Crippen LogP contribution < -0.4 is 0 Å². The molecule has 0 bridgehead atoms. The summed E-state index contributed by atoms with van der Waals surface area (Å²) < 4.78 is 6.32. The van der Waals surface area contributed by atoms with Crippen LogP contribution in [0.3, 0.4) is 0 Å². The first kappa shape index (κ1) is 17.0. The van der Waals surface area contributed by atoms with E-state index < -0.39 is 0 Å². The van der Waals surface area contributed by atoms with Gasteiger partial charge in [-0.15, -0.1) is 0 Å². The van der Waals surface area contributed by atoms with Gasteiger partial charge in [0.15, 0.2) is 0 Å². The smallest absolute Gasteiger partial charge is 0.121 e. The number of nitrogens with zero attached hydrogens (tertiary/aromatic N) is 1. The number of hydrogen-bond donors (Lipinski definition) is 1. The minimum absolute atomic E-state index is 0.0425. The van der Waals surface area contributed by atoms with E-state index in [4.69, 9.17) is 4.74 Å². The zero-order chi connectivity index (χ0) is 17.4. The molecule has 0 unspecified atom stereocenters. The highest BCUT2D eigenvalue weighted by Gasteiger charge is 2.62. The third-order valence-corrected chi connectivity index (χ3v) is 10.1. The Hall–Kier alpha value is -0.120. The summed E-state index contributed by atoms with van der Waals surface area (Å²) in [5.74, 6) is 3.37. The zero-order valence-electron chi connectivity index (χ0n) is 16.5. The van der Waals surface area contributed by atoms with E-state index in [1.807, 2.05) is 0 Å². The van der Waals surface area contributed by atoms with Gasteiger partial charge in [-0.1, -0.05) is 13.8 Å². The van der Waals surface area contributed by atoms with Gasteiger partial charge in [-0.25, -0.2) is 0 Å². The number of rotatable bonds is 0. The average Bonchev–Trinajstić information content (AvgIpc) is 3.09. The van der Waals surface area contributed by atoms with Crippen LogP contribution in [0.1, 0.15) is 71.6 Å². The van der Waals surface area contributed by atoms with Crippen molar-refractivity contribution in [2.45, 2.75) is 83.5 Å². The number of aliphatic hydroxyl groups excluding tert-OH is 1. The molecule has 3 heteroatoms. The minimum Gasteiger partial charge on any atom is -0.393 e. The Morgan fingerprint density at radius 3 is 2.48 bits per heavy atom. The normalized spacial score (nSPS) is 58.8. The largest absolute Gasteiger partial charge is 0.393 e. The van der Waals surface area contributed by atoms with Gasteiger partial charge in [0, 0.05) is 6.54 Å². The maximum absolute atomic E-state index is 10.6. The number of likely N-dealkylation sites (N-methyl/N-ethyl adjacent to an activating group) is 1. The van der Waals surface area contributed by atoms with E-state index in [-0.39, 0.29) is 17.2 Å². The van der Waals surface area contributed by atoms with E-state index in [0.29, 0.717) is 5.41 Å². The monoisotopic (exact) mass is 347 g/mol. The fraction of sp³-hybridized carbons (Fsp3) is 1.00. The lowest BCUT2D eigenvalue weighted by Crippen LogP contribution is -2.58. The summed E-state index contributed by atoms with van der Waals surface area (Å²) in [6.45, 7) is 7.06. The van der Waals surface area contributed by atoms with Crippen LogP contribution in [-0.4, -0.2) is 42.0 Å². The van der Waals surface area contributed by atoms with Gasteiger partial charge in [-0.3, -0.25) is 4.90 Å². The maximum atomic E-state index is 10.6. The van der Waals surface area contributed by atoms with E-state index in [9.17, 15) is 5.11 Å². The first-order chi connectivity index (χ1) is 11.9. The molecule has 4 aliphatic carbocycles. The van der Waals surface area contributed by atoms with E-state index >= 15 is 0 Å².